The first-order valence-corrected chi connectivity index (χ1v) is 27.1. The monoisotopic (exact) mass is 1020 g/mol. The lowest BCUT2D eigenvalue weighted by Gasteiger charge is -2.39. The van der Waals surface area contributed by atoms with E-state index < -0.39 is 35.0 Å². The van der Waals surface area contributed by atoms with Crippen LogP contribution < -0.4 is 21.3 Å². The lowest BCUT2D eigenvalue weighted by atomic mass is 9.85. The number of hydrogen-bond acceptors (Lipinski definition) is 8. The standard InChI is InChI=1S/C61H84N8O6/c1-41-24-33-51(69(41)59(75)53(61(7,8)9)65-55(71)43(3)63-11)40-67(38-35-45-21-16-13-17-22-45)57(73)49-31-27-47(28-32-49)46-25-29-48(30-26-46)56(72)66(37-34-44-19-14-12-15-20-44)39-50-23-18-36-68(50)58(74)52(60(4,5)6)64-54(70)42(2)62-10/h12-17,19-22,25-32,41-43,50-53,62-63H,18,23-24,33-40H2,1-11H3,(H,64,70)(H,65,71)/t41?,42-,43-,50-,51-,52+,53+/m0/s1. The van der Waals surface area contributed by atoms with Gasteiger partial charge in [-0.3, -0.25) is 28.8 Å². The largest absolute Gasteiger partial charge is 0.342 e. The normalized spacial score (nSPS) is 18.4. The van der Waals surface area contributed by atoms with Crippen molar-refractivity contribution in [3.8, 4) is 11.1 Å². The van der Waals surface area contributed by atoms with Crippen LogP contribution in [0.1, 0.15) is 120 Å². The molecule has 14 heteroatoms. The van der Waals surface area contributed by atoms with Crippen LogP contribution in [0.25, 0.3) is 11.1 Å². The fourth-order valence-corrected chi connectivity index (χ4v) is 10.2. The van der Waals surface area contributed by atoms with E-state index in [0.717, 1.165) is 47.9 Å². The van der Waals surface area contributed by atoms with Gasteiger partial charge in [0.1, 0.15) is 12.1 Å². The molecule has 0 aromatic heterocycles. The fourth-order valence-electron chi connectivity index (χ4n) is 10.2. The molecule has 6 amide bonds. The molecule has 7 atom stereocenters. The Morgan fingerprint density at radius 2 is 0.973 bits per heavy atom. The molecule has 404 valence electrons. The molecule has 0 spiro atoms. The van der Waals surface area contributed by atoms with Gasteiger partial charge in [0.05, 0.1) is 12.1 Å². The number of benzene rings is 4. The molecule has 0 radical (unpaired) electrons. The van der Waals surface area contributed by atoms with Crippen LogP contribution in [0.4, 0.5) is 0 Å². The Morgan fingerprint density at radius 3 is 1.39 bits per heavy atom. The molecule has 4 N–H and O–H groups in total. The van der Waals surface area contributed by atoms with E-state index in [1.165, 1.54) is 0 Å². The smallest absolute Gasteiger partial charge is 0.253 e. The van der Waals surface area contributed by atoms with Gasteiger partial charge in [0.25, 0.3) is 11.8 Å². The summed E-state index contributed by atoms with van der Waals surface area (Å²) < 4.78 is 0. The van der Waals surface area contributed by atoms with Crippen LogP contribution in [-0.2, 0) is 32.0 Å². The number of amides is 6. The second kappa shape index (κ2) is 25.9. The molecule has 2 saturated heterocycles. The van der Waals surface area contributed by atoms with Gasteiger partial charge in [-0.15, -0.1) is 0 Å². The molecular formula is C61H84N8O6. The summed E-state index contributed by atoms with van der Waals surface area (Å²) in [5.74, 6) is -1.01. The zero-order chi connectivity index (χ0) is 54.6. The summed E-state index contributed by atoms with van der Waals surface area (Å²) in [6.45, 7) is 19.5. The summed E-state index contributed by atoms with van der Waals surface area (Å²) in [4.78, 5) is 91.8. The summed E-state index contributed by atoms with van der Waals surface area (Å²) in [5.41, 5.74) is 3.95. The Kier molecular flexibility index (Phi) is 20.0. The lowest BCUT2D eigenvalue weighted by molar-refractivity contribution is -0.142. The second-order valence-electron chi connectivity index (χ2n) is 22.9. The number of nitrogens with one attached hydrogen (secondary N) is 4. The first-order valence-electron chi connectivity index (χ1n) is 27.1. The van der Waals surface area contributed by atoms with E-state index in [1.807, 2.05) is 153 Å². The topological polar surface area (TPSA) is 163 Å². The Labute approximate surface area is 446 Å². The predicted octanol–water partition coefficient (Wildman–Crippen LogP) is 7.37. The number of carbonyl (C=O) groups is 6. The number of nitrogens with zero attached hydrogens (tertiary/aromatic N) is 4. The molecule has 2 aliphatic heterocycles. The summed E-state index contributed by atoms with van der Waals surface area (Å²) in [6, 6.07) is 32.3. The van der Waals surface area contributed by atoms with Crippen molar-refractivity contribution < 1.29 is 28.8 Å². The van der Waals surface area contributed by atoms with Crippen molar-refractivity contribution in [3.05, 3.63) is 131 Å². The third kappa shape index (κ3) is 15.2. The van der Waals surface area contributed by atoms with E-state index in [-0.39, 0.29) is 53.6 Å². The zero-order valence-electron chi connectivity index (χ0n) is 46.5. The summed E-state index contributed by atoms with van der Waals surface area (Å²) in [6.07, 6.45) is 4.35. The van der Waals surface area contributed by atoms with Crippen LogP contribution in [0.5, 0.6) is 0 Å². The highest BCUT2D eigenvalue weighted by Crippen LogP contribution is 2.32. The summed E-state index contributed by atoms with van der Waals surface area (Å²) in [5, 5.41) is 12.0. The molecule has 14 nitrogen and oxygen atoms in total. The van der Waals surface area contributed by atoms with E-state index in [9.17, 15) is 28.8 Å². The van der Waals surface area contributed by atoms with Gasteiger partial charge in [-0.1, -0.05) is 126 Å². The maximum absolute atomic E-state index is 14.6. The third-order valence-electron chi connectivity index (χ3n) is 15.2. The molecule has 1 unspecified atom stereocenters. The van der Waals surface area contributed by atoms with Crippen molar-refractivity contribution >= 4 is 35.4 Å². The van der Waals surface area contributed by atoms with Gasteiger partial charge in [-0.05, 0) is 131 Å². The Morgan fingerprint density at radius 1 is 0.560 bits per heavy atom. The van der Waals surface area contributed by atoms with Gasteiger partial charge in [0.2, 0.25) is 23.6 Å². The van der Waals surface area contributed by atoms with Gasteiger partial charge in [-0.2, -0.15) is 0 Å². The first-order chi connectivity index (χ1) is 35.6. The van der Waals surface area contributed by atoms with E-state index in [4.69, 9.17) is 0 Å². The molecule has 0 aliphatic carbocycles. The van der Waals surface area contributed by atoms with Gasteiger partial charge >= 0.3 is 0 Å². The number of rotatable bonds is 21. The Hall–Kier alpha value is -6.38. The number of likely N-dealkylation sites (tertiary alicyclic amines) is 2. The van der Waals surface area contributed by atoms with Crippen LogP contribution in [0.2, 0.25) is 0 Å². The van der Waals surface area contributed by atoms with Crippen molar-refractivity contribution in [3.63, 3.8) is 0 Å². The van der Waals surface area contributed by atoms with Gasteiger partial charge < -0.3 is 40.9 Å². The van der Waals surface area contributed by atoms with Crippen molar-refractivity contribution in [2.24, 2.45) is 10.8 Å². The maximum atomic E-state index is 14.6. The van der Waals surface area contributed by atoms with E-state index in [0.29, 0.717) is 56.7 Å². The van der Waals surface area contributed by atoms with E-state index >= 15 is 0 Å². The van der Waals surface area contributed by atoms with Crippen molar-refractivity contribution in [2.75, 3.05) is 46.8 Å². The minimum Gasteiger partial charge on any atom is -0.342 e. The quantitative estimate of drug-likeness (QED) is 0.0673. The molecule has 2 heterocycles. The van der Waals surface area contributed by atoms with Crippen LogP contribution in [0.15, 0.2) is 109 Å². The van der Waals surface area contributed by atoms with E-state index in [2.05, 4.69) is 45.5 Å². The predicted molar refractivity (Wildman–Crippen MR) is 298 cm³/mol. The van der Waals surface area contributed by atoms with Crippen molar-refractivity contribution in [1.82, 2.24) is 40.9 Å². The number of likely N-dealkylation sites (N-methyl/N-ethyl adjacent to an activating group) is 2. The minimum atomic E-state index is -0.752. The van der Waals surface area contributed by atoms with Crippen LogP contribution in [-0.4, -0.2) is 144 Å². The number of hydrogen-bond donors (Lipinski definition) is 4. The zero-order valence-corrected chi connectivity index (χ0v) is 46.5. The number of carbonyl (C=O) groups excluding carboxylic acids is 6. The molecule has 2 fully saturated rings. The van der Waals surface area contributed by atoms with Crippen LogP contribution >= 0.6 is 0 Å². The van der Waals surface area contributed by atoms with Gasteiger partial charge in [-0.25, -0.2) is 0 Å². The van der Waals surface area contributed by atoms with E-state index in [1.54, 1.807) is 27.9 Å². The van der Waals surface area contributed by atoms with Crippen LogP contribution in [0.3, 0.4) is 0 Å². The molecule has 75 heavy (non-hydrogen) atoms. The maximum Gasteiger partial charge on any atom is 0.253 e. The Balaban J connectivity index is 1.20. The highest BCUT2D eigenvalue weighted by molar-refractivity contribution is 5.96. The summed E-state index contributed by atoms with van der Waals surface area (Å²) >= 11 is 0. The van der Waals surface area contributed by atoms with Gasteiger partial charge in [0, 0.05) is 62.0 Å². The average Bonchev–Trinajstić information content (AvgIpc) is 4.03. The molecule has 4 aromatic rings. The molecule has 0 saturated carbocycles. The van der Waals surface area contributed by atoms with Crippen LogP contribution in [0, 0.1) is 10.8 Å². The molecular weight excluding hydrogens is 941 g/mol. The summed E-state index contributed by atoms with van der Waals surface area (Å²) in [7, 11) is 3.43. The first kappa shape index (κ1) is 57.9. The minimum absolute atomic E-state index is 0.0654. The molecule has 0 bridgehead atoms. The third-order valence-corrected chi connectivity index (χ3v) is 15.2. The van der Waals surface area contributed by atoms with Gasteiger partial charge in [0.15, 0.2) is 0 Å². The van der Waals surface area contributed by atoms with Crippen molar-refractivity contribution in [1.29, 1.82) is 0 Å². The molecule has 4 aromatic carbocycles. The second-order valence-corrected chi connectivity index (χ2v) is 22.9. The van der Waals surface area contributed by atoms with Crippen molar-refractivity contribution in [2.45, 2.75) is 143 Å². The molecule has 2 aliphatic rings. The highest BCUT2D eigenvalue weighted by atomic mass is 16.2. The molecule has 6 rings (SSSR count). The average molecular weight is 1030 g/mol. The fraction of sp³-hybridized carbons (Fsp3) is 0.508. The Bertz CT molecular complexity index is 2540. The lowest BCUT2D eigenvalue weighted by Crippen LogP contribution is -2.60. The SMILES string of the molecule is CN[C@@H](C)C(=O)N[C@H](C(=O)N1CCC[C@H]1CN(CCc1ccccc1)C(=O)c1ccc(-c2ccc(C(=O)N(CCc3ccccc3)C[C@@H]3CCC(C)N3C(=O)[C@@H](NC(=O)[C@H](C)NC)C(C)(C)C)cc2)cc1)C(C)(C)C. The highest BCUT2D eigenvalue weighted by Gasteiger charge is 2.44.